The third-order valence-corrected chi connectivity index (χ3v) is 5.18. The first-order chi connectivity index (χ1) is 11.6. The minimum Gasteiger partial charge on any atom is -0.478 e. The monoisotopic (exact) mass is 345 g/mol. The number of carbonyl (C=O) groups excluding carboxylic acids is 1. The third-order valence-electron chi connectivity index (χ3n) is 4.25. The van der Waals surface area contributed by atoms with Crippen LogP contribution in [-0.4, -0.2) is 30.2 Å². The van der Waals surface area contributed by atoms with Crippen molar-refractivity contribution in [1.82, 2.24) is 5.32 Å². The Hall–Kier alpha value is -2.18. The first-order valence-corrected chi connectivity index (χ1v) is 8.78. The maximum atomic E-state index is 12.6. The summed E-state index contributed by atoms with van der Waals surface area (Å²) in [5, 5.41) is 13.6. The fraction of sp³-hybridized carbons (Fsp3) is 0.333. The van der Waals surface area contributed by atoms with Gasteiger partial charge in [0.25, 0.3) is 5.91 Å². The minimum absolute atomic E-state index is 0.0991. The second-order valence-electron chi connectivity index (χ2n) is 5.82. The summed E-state index contributed by atoms with van der Waals surface area (Å²) in [6, 6.07) is 11.2. The van der Waals surface area contributed by atoms with Gasteiger partial charge in [-0.3, -0.25) is 4.79 Å². The van der Waals surface area contributed by atoms with Crippen molar-refractivity contribution < 1.29 is 19.4 Å². The molecule has 1 aliphatic heterocycles. The molecule has 0 bridgehead atoms. The van der Waals surface area contributed by atoms with Crippen molar-refractivity contribution in [2.45, 2.75) is 18.9 Å². The Labute approximate surface area is 144 Å². The maximum Gasteiger partial charge on any atom is 0.336 e. The molecule has 1 aromatic carbocycles. The number of carboxylic acid groups (broad SMARTS) is 1. The van der Waals surface area contributed by atoms with Crippen LogP contribution in [0.3, 0.4) is 0 Å². The van der Waals surface area contributed by atoms with E-state index in [9.17, 15) is 9.59 Å². The van der Waals surface area contributed by atoms with Gasteiger partial charge in [0.2, 0.25) is 0 Å². The molecule has 24 heavy (non-hydrogen) atoms. The first-order valence-electron chi connectivity index (χ1n) is 7.90. The largest absolute Gasteiger partial charge is 0.478 e. The number of thiophene rings is 1. The zero-order chi connectivity index (χ0) is 16.9. The van der Waals surface area contributed by atoms with Gasteiger partial charge in [-0.25, -0.2) is 4.79 Å². The summed E-state index contributed by atoms with van der Waals surface area (Å²) in [4.78, 5) is 24.0. The molecule has 2 N–H and O–H groups in total. The predicted octanol–water partition coefficient (Wildman–Crippen LogP) is 3.34. The number of hydrogen-bond donors (Lipinski definition) is 2. The van der Waals surface area contributed by atoms with E-state index in [2.05, 4.69) is 5.32 Å². The zero-order valence-electron chi connectivity index (χ0n) is 13.1. The molecule has 126 valence electrons. The summed E-state index contributed by atoms with van der Waals surface area (Å²) in [6.45, 7) is 1.40. The second-order valence-corrected chi connectivity index (χ2v) is 6.73. The fourth-order valence-corrected chi connectivity index (χ4v) is 3.75. The number of carboxylic acids is 1. The topological polar surface area (TPSA) is 75.6 Å². The third kappa shape index (κ3) is 3.83. The number of rotatable bonds is 5. The van der Waals surface area contributed by atoms with Crippen LogP contribution in [-0.2, 0) is 4.74 Å². The van der Waals surface area contributed by atoms with E-state index in [1.165, 1.54) is 11.4 Å². The van der Waals surface area contributed by atoms with Gasteiger partial charge in [0, 0.05) is 18.6 Å². The summed E-state index contributed by atoms with van der Waals surface area (Å²) < 4.78 is 5.43. The van der Waals surface area contributed by atoms with Crippen molar-refractivity contribution in [3.8, 4) is 0 Å². The van der Waals surface area contributed by atoms with Crippen LogP contribution in [0.5, 0.6) is 0 Å². The molecule has 0 aliphatic carbocycles. The van der Waals surface area contributed by atoms with E-state index in [4.69, 9.17) is 9.84 Å². The molecule has 6 heteroatoms. The van der Waals surface area contributed by atoms with Crippen molar-refractivity contribution >= 4 is 23.2 Å². The van der Waals surface area contributed by atoms with Crippen LogP contribution in [0.25, 0.3) is 0 Å². The number of hydrogen-bond acceptors (Lipinski definition) is 4. The van der Waals surface area contributed by atoms with E-state index < -0.39 is 5.97 Å². The van der Waals surface area contributed by atoms with Crippen LogP contribution in [0.15, 0.2) is 41.8 Å². The van der Waals surface area contributed by atoms with Crippen LogP contribution in [0.4, 0.5) is 0 Å². The lowest BCUT2D eigenvalue weighted by atomic mass is 9.87. The quantitative estimate of drug-likeness (QED) is 0.871. The van der Waals surface area contributed by atoms with E-state index >= 15 is 0 Å². The molecule has 0 radical (unpaired) electrons. The number of ether oxygens (including phenoxy) is 1. The average Bonchev–Trinajstić information content (AvgIpc) is 3.11. The van der Waals surface area contributed by atoms with Gasteiger partial charge in [0.05, 0.1) is 16.5 Å². The van der Waals surface area contributed by atoms with Gasteiger partial charge >= 0.3 is 5.97 Å². The molecule has 2 aromatic rings. The van der Waals surface area contributed by atoms with Gasteiger partial charge in [0.1, 0.15) is 0 Å². The number of nitrogens with one attached hydrogen (secondary N) is 1. The van der Waals surface area contributed by atoms with Gasteiger partial charge in [-0.1, -0.05) is 30.3 Å². The van der Waals surface area contributed by atoms with Gasteiger partial charge in [-0.05, 0) is 30.4 Å². The van der Waals surface area contributed by atoms with Crippen molar-refractivity contribution in [2.75, 3.05) is 13.2 Å². The van der Waals surface area contributed by atoms with Gasteiger partial charge < -0.3 is 15.2 Å². The Morgan fingerprint density at radius 1 is 1.21 bits per heavy atom. The van der Waals surface area contributed by atoms with Crippen molar-refractivity contribution in [3.63, 3.8) is 0 Å². The van der Waals surface area contributed by atoms with Crippen molar-refractivity contribution in [3.05, 3.63) is 57.8 Å². The Bertz CT molecular complexity index is 707. The molecule has 1 saturated heterocycles. The molecule has 5 nitrogen and oxygen atoms in total. The molecule has 1 amide bonds. The van der Waals surface area contributed by atoms with Crippen LogP contribution < -0.4 is 5.32 Å². The normalized spacial score (nSPS) is 16.5. The van der Waals surface area contributed by atoms with E-state index in [-0.39, 0.29) is 17.5 Å². The lowest BCUT2D eigenvalue weighted by Crippen LogP contribution is -2.35. The Kier molecular flexibility index (Phi) is 5.27. The molecule has 1 atom stereocenters. The molecule has 0 spiro atoms. The smallest absolute Gasteiger partial charge is 0.336 e. The zero-order valence-corrected chi connectivity index (χ0v) is 13.9. The number of benzene rings is 1. The lowest BCUT2D eigenvalue weighted by molar-refractivity contribution is 0.0514. The molecular weight excluding hydrogens is 326 g/mol. The summed E-state index contributed by atoms with van der Waals surface area (Å²) >= 11 is 1.15. The number of aromatic carboxylic acids is 1. The maximum absolute atomic E-state index is 12.6. The predicted molar refractivity (Wildman–Crippen MR) is 91.5 cm³/mol. The van der Waals surface area contributed by atoms with Crippen molar-refractivity contribution in [1.29, 1.82) is 0 Å². The highest BCUT2D eigenvalue weighted by Gasteiger charge is 2.27. The average molecular weight is 345 g/mol. The molecule has 0 saturated carbocycles. The van der Waals surface area contributed by atoms with Gasteiger partial charge in [0.15, 0.2) is 0 Å². The van der Waals surface area contributed by atoms with E-state index in [1.807, 2.05) is 30.3 Å². The summed E-state index contributed by atoms with van der Waals surface area (Å²) in [5.41, 5.74) is 1.21. The number of amides is 1. The Morgan fingerprint density at radius 2 is 1.92 bits per heavy atom. The molecule has 1 aromatic heterocycles. The summed E-state index contributed by atoms with van der Waals surface area (Å²) in [5.74, 6) is -0.939. The first kappa shape index (κ1) is 16.7. The van der Waals surface area contributed by atoms with E-state index in [0.29, 0.717) is 24.0 Å². The highest BCUT2D eigenvalue weighted by atomic mass is 32.1. The van der Waals surface area contributed by atoms with Crippen LogP contribution in [0.1, 0.15) is 44.5 Å². The molecule has 2 heterocycles. The highest BCUT2D eigenvalue weighted by molar-refractivity contribution is 7.12. The van der Waals surface area contributed by atoms with Crippen LogP contribution >= 0.6 is 11.3 Å². The van der Waals surface area contributed by atoms with Crippen LogP contribution in [0.2, 0.25) is 0 Å². The minimum atomic E-state index is -1.02. The summed E-state index contributed by atoms with van der Waals surface area (Å²) in [6.07, 6.45) is 1.79. The molecular formula is C18H19NO4S. The number of carbonyl (C=O) groups is 2. The highest BCUT2D eigenvalue weighted by Crippen LogP contribution is 2.30. The van der Waals surface area contributed by atoms with Gasteiger partial charge in [-0.2, -0.15) is 0 Å². The standard InChI is InChI=1S/C18H19NO4S/c20-17(15-10-14(11-24-15)18(21)22)19-16(12-4-2-1-3-5-12)13-6-8-23-9-7-13/h1-5,10-11,13,16H,6-9H2,(H,19,20)(H,21,22). The van der Waals surface area contributed by atoms with Crippen LogP contribution in [0, 0.1) is 5.92 Å². The molecule has 1 unspecified atom stereocenters. The Morgan fingerprint density at radius 3 is 2.54 bits per heavy atom. The molecule has 3 rings (SSSR count). The SMILES string of the molecule is O=C(O)c1csc(C(=O)NC(c2ccccc2)C2CCOCC2)c1. The van der Waals surface area contributed by atoms with E-state index in [1.54, 1.807) is 0 Å². The summed E-state index contributed by atoms with van der Waals surface area (Å²) in [7, 11) is 0. The van der Waals surface area contributed by atoms with Gasteiger partial charge in [-0.15, -0.1) is 11.3 Å². The second kappa shape index (κ2) is 7.59. The molecule has 1 aliphatic rings. The van der Waals surface area contributed by atoms with E-state index in [0.717, 1.165) is 29.7 Å². The molecule has 1 fully saturated rings. The van der Waals surface area contributed by atoms with Crippen molar-refractivity contribution in [2.24, 2.45) is 5.92 Å². The fourth-order valence-electron chi connectivity index (χ4n) is 2.96. The Balaban J connectivity index is 1.80. The lowest BCUT2D eigenvalue weighted by Gasteiger charge is -2.31.